The molecule has 0 fully saturated rings. The van der Waals surface area contributed by atoms with E-state index in [1.807, 2.05) is 36.4 Å². The highest BCUT2D eigenvalue weighted by molar-refractivity contribution is 6.10. The van der Waals surface area contributed by atoms with Crippen LogP contribution in [0.15, 0.2) is 64.8 Å². The number of carbonyl (C=O) groups is 2. The number of carbonyl (C=O) groups excluding carboxylic acids is 2. The van der Waals surface area contributed by atoms with E-state index in [2.05, 4.69) is 4.99 Å². The molecule has 35 heavy (non-hydrogen) atoms. The maximum atomic E-state index is 13.7. The van der Waals surface area contributed by atoms with Gasteiger partial charge in [0.15, 0.2) is 0 Å². The van der Waals surface area contributed by atoms with E-state index in [0.717, 1.165) is 0 Å². The number of esters is 2. The molecule has 0 spiro atoms. The standard InChI is InChI=1S/C27H31NO7/c1-6-34-25(30)23-17(2)28-18(3)24(26(31)35-16-15-29)27(23,19-11-7-9-13-21(19)32-4)20-12-8-10-14-22(20)33-5/h7-14,23,29H,6,15-16H2,1-5H3. The Morgan fingerprint density at radius 3 is 1.97 bits per heavy atom. The highest BCUT2D eigenvalue weighted by atomic mass is 16.5. The first-order valence-electron chi connectivity index (χ1n) is 11.4. The molecule has 2 aromatic carbocycles. The fourth-order valence-electron chi connectivity index (χ4n) is 4.89. The Kier molecular flexibility index (Phi) is 8.30. The molecule has 1 heterocycles. The molecule has 0 aromatic heterocycles. The number of aliphatic imine (C=N–C) groups is 1. The zero-order valence-electron chi connectivity index (χ0n) is 20.7. The van der Waals surface area contributed by atoms with Crippen LogP contribution >= 0.6 is 0 Å². The van der Waals surface area contributed by atoms with Crippen LogP contribution in [0.3, 0.4) is 0 Å². The van der Waals surface area contributed by atoms with Crippen molar-refractivity contribution in [3.63, 3.8) is 0 Å². The second-order valence-electron chi connectivity index (χ2n) is 7.97. The van der Waals surface area contributed by atoms with Gasteiger partial charge in [-0.15, -0.1) is 0 Å². The summed E-state index contributed by atoms with van der Waals surface area (Å²) in [5.74, 6) is -1.37. The van der Waals surface area contributed by atoms with Crippen molar-refractivity contribution >= 4 is 17.7 Å². The molecule has 0 aliphatic carbocycles. The van der Waals surface area contributed by atoms with Gasteiger partial charge in [0.1, 0.15) is 24.0 Å². The molecule has 3 rings (SSSR count). The quantitative estimate of drug-likeness (QED) is 0.547. The van der Waals surface area contributed by atoms with Gasteiger partial charge in [-0.3, -0.25) is 9.79 Å². The molecule has 0 saturated carbocycles. The van der Waals surface area contributed by atoms with Crippen molar-refractivity contribution in [1.82, 2.24) is 0 Å². The molecule has 1 aliphatic rings. The minimum absolute atomic E-state index is 0.142. The number of allylic oxidation sites excluding steroid dienone is 1. The first kappa shape index (κ1) is 26.0. The molecule has 1 N–H and O–H groups in total. The van der Waals surface area contributed by atoms with E-state index in [-0.39, 0.29) is 25.4 Å². The van der Waals surface area contributed by atoms with Crippen molar-refractivity contribution in [3.05, 3.63) is 70.9 Å². The fraction of sp³-hybridized carbons (Fsp3) is 0.370. The van der Waals surface area contributed by atoms with Crippen molar-refractivity contribution in [2.75, 3.05) is 34.0 Å². The number of para-hydroxylation sites is 2. The average molecular weight is 482 g/mol. The number of hydrogen-bond donors (Lipinski definition) is 1. The second-order valence-corrected chi connectivity index (χ2v) is 7.97. The van der Waals surface area contributed by atoms with E-state index < -0.39 is 23.3 Å². The molecule has 0 saturated heterocycles. The van der Waals surface area contributed by atoms with Crippen LogP contribution in [0.5, 0.6) is 11.5 Å². The summed E-state index contributed by atoms with van der Waals surface area (Å²) < 4.78 is 22.4. The molecular weight excluding hydrogens is 450 g/mol. The number of rotatable bonds is 9. The van der Waals surface area contributed by atoms with E-state index in [1.54, 1.807) is 32.9 Å². The van der Waals surface area contributed by atoms with Gasteiger partial charge in [0.2, 0.25) is 0 Å². The van der Waals surface area contributed by atoms with Gasteiger partial charge in [-0.05, 0) is 32.9 Å². The predicted molar refractivity (Wildman–Crippen MR) is 131 cm³/mol. The first-order chi connectivity index (χ1) is 16.9. The normalized spacial score (nSPS) is 16.9. The molecule has 2 aromatic rings. The summed E-state index contributed by atoms with van der Waals surface area (Å²) in [7, 11) is 3.05. The Morgan fingerprint density at radius 2 is 1.49 bits per heavy atom. The average Bonchev–Trinajstić information content (AvgIpc) is 2.86. The molecule has 8 nitrogen and oxygen atoms in total. The summed E-state index contributed by atoms with van der Waals surface area (Å²) in [5.41, 5.74) is 0.626. The smallest absolute Gasteiger partial charge is 0.337 e. The molecule has 186 valence electrons. The number of methoxy groups -OCH3 is 2. The van der Waals surface area contributed by atoms with Crippen LogP contribution in [0, 0.1) is 5.92 Å². The predicted octanol–water partition coefficient (Wildman–Crippen LogP) is 3.45. The van der Waals surface area contributed by atoms with Gasteiger partial charge in [0.25, 0.3) is 0 Å². The van der Waals surface area contributed by atoms with Crippen LogP contribution in [0.4, 0.5) is 0 Å². The molecule has 1 aliphatic heterocycles. The van der Waals surface area contributed by atoms with Crippen molar-refractivity contribution in [2.45, 2.75) is 26.2 Å². The summed E-state index contributed by atoms with van der Waals surface area (Å²) in [5, 5.41) is 9.33. The van der Waals surface area contributed by atoms with Gasteiger partial charge in [-0.25, -0.2) is 4.79 Å². The summed E-state index contributed by atoms with van der Waals surface area (Å²) in [6.45, 7) is 4.73. The fourth-order valence-corrected chi connectivity index (χ4v) is 4.89. The third-order valence-electron chi connectivity index (χ3n) is 6.07. The molecule has 0 amide bonds. The number of nitrogens with zero attached hydrogens (tertiary/aromatic N) is 1. The monoisotopic (exact) mass is 481 g/mol. The minimum Gasteiger partial charge on any atom is -0.496 e. The summed E-state index contributed by atoms with van der Waals surface area (Å²) in [6.07, 6.45) is 0. The Labute approximate surface area is 205 Å². The minimum atomic E-state index is -1.46. The third-order valence-corrected chi connectivity index (χ3v) is 6.07. The highest BCUT2D eigenvalue weighted by Crippen LogP contribution is 2.55. The lowest BCUT2D eigenvalue weighted by Gasteiger charge is -2.44. The van der Waals surface area contributed by atoms with Gasteiger partial charge in [-0.1, -0.05) is 36.4 Å². The van der Waals surface area contributed by atoms with Crippen LogP contribution in [0.2, 0.25) is 0 Å². The number of aliphatic hydroxyl groups is 1. The lowest BCUT2D eigenvalue weighted by molar-refractivity contribution is -0.147. The van der Waals surface area contributed by atoms with Gasteiger partial charge in [0, 0.05) is 22.5 Å². The van der Waals surface area contributed by atoms with E-state index in [1.165, 1.54) is 14.2 Å². The van der Waals surface area contributed by atoms with Gasteiger partial charge in [-0.2, -0.15) is 0 Å². The highest BCUT2D eigenvalue weighted by Gasteiger charge is 2.58. The van der Waals surface area contributed by atoms with Crippen molar-refractivity contribution in [3.8, 4) is 11.5 Å². The summed E-state index contributed by atoms with van der Waals surface area (Å²) in [4.78, 5) is 31.9. The Bertz CT molecular complexity index is 1100. The van der Waals surface area contributed by atoms with Gasteiger partial charge in [0.05, 0.1) is 38.4 Å². The van der Waals surface area contributed by atoms with Gasteiger partial charge < -0.3 is 24.1 Å². The van der Waals surface area contributed by atoms with Crippen molar-refractivity contribution < 1.29 is 33.6 Å². The van der Waals surface area contributed by atoms with Crippen LogP contribution in [-0.4, -0.2) is 56.8 Å². The molecule has 1 unspecified atom stereocenters. The number of aliphatic hydroxyl groups excluding tert-OH is 1. The van der Waals surface area contributed by atoms with E-state index in [0.29, 0.717) is 34.0 Å². The summed E-state index contributed by atoms with van der Waals surface area (Å²) in [6, 6.07) is 14.4. The molecule has 8 heteroatoms. The zero-order chi connectivity index (χ0) is 25.6. The zero-order valence-corrected chi connectivity index (χ0v) is 20.7. The molecule has 0 radical (unpaired) electrons. The second kappa shape index (κ2) is 11.2. The number of hydrogen-bond acceptors (Lipinski definition) is 8. The molecule has 1 atom stereocenters. The van der Waals surface area contributed by atoms with Crippen LogP contribution in [0.1, 0.15) is 31.9 Å². The first-order valence-corrected chi connectivity index (χ1v) is 11.4. The van der Waals surface area contributed by atoms with E-state index in [4.69, 9.17) is 18.9 Å². The number of ether oxygens (including phenoxy) is 4. The van der Waals surface area contributed by atoms with Gasteiger partial charge >= 0.3 is 11.9 Å². The maximum Gasteiger partial charge on any atom is 0.337 e. The Morgan fingerprint density at radius 1 is 0.943 bits per heavy atom. The van der Waals surface area contributed by atoms with Crippen LogP contribution in [0.25, 0.3) is 0 Å². The van der Waals surface area contributed by atoms with Crippen molar-refractivity contribution in [2.24, 2.45) is 10.9 Å². The van der Waals surface area contributed by atoms with E-state index in [9.17, 15) is 14.7 Å². The Hall–Kier alpha value is -3.65. The summed E-state index contributed by atoms with van der Waals surface area (Å²) >= 11 is 0. The lowest BCUT2D eigenvalue weighted by Crippen LogP contribution is -2.51. The van der Waals surface area contributed by atoms with Crippen molar-refractivity contribution in [1.29, 1.82) is 0 Å². The number of benzene rings is 2. The lowest BCUT2D eigenvalue weighted by atomic mass is 9.58. The topological polar surface area (TPSA) is 104 Å². The van der Waals surface area contributed by atoms with Crippen LogP contribution in [-0.2, 0) is 24.5 Å². The third kappa shape index (κ3) is 4.53. The van der Waals surface area contributed by atoms with E-state index >= 15 is 0 Å². The molecule has 0 bridgehead atoms. The maximum absolute atomic E-state index is 13.7. The SMILES string of the molecule is CCOC(=O)C1C(C)=NC(C)=C(C(=O)OCCO)C1(c1ccccc1OC)c1ccccc1OC. The Balaban J connectivity index is 2.57. The van der Waals surface area contributed by atoms with Crippen LogP contribution < -0.4 is 9.47 Å². The largest absolute Gasteiger partial charge is 0.496 e. The molecular formula is C27H31NO7.